The summed E-state index contributed by atoms with van der Waals surface area (Å²) < 4.78 is 39.2. The van der Waals surface area contributed by atoms with Gasteiger partial charge < -0.3 is 4.57 Å². The Morgan fingerprint density at radius 1 is 1.24 bits per heavy atom. The van der Waals surface area contributed by atoms with Gasteiger partial charge in [0.1, 0.15) is 0 Å². The molecular weight excluding hydrogens is 301 g/mol. The van der Waals surface area contributed by atoms with E-state index in [4.69, 9.17) is 0 Å². The minimum absolute atomic E-state index is 0.0537. The van der Waals surface area contributed by atoms with Crippen molar-refractivity contribution in [3.8, 4) is 0 Å². The molecule has 3 nitrogen and oxygen atoms in total. The molecule has 0 unspecified atom stereocenters. The van der Waals surface area contributed by atoms with Gasteiger partial charge in [0.15, 0.2) is 10.6 Å². The highest BCUT2D eigenvalue weighted by Crippen LogP contribution is 2.30. The van der Waals surface area contributed by atoms with Crippen LogP contribution in [0.5, 0.6) is 0 Å². The highest BCUT2D eigenvalue weighted by Gasteiger charge is 2.29. The molecule has 0 atom stereocenters. The Bertz CT molecular complexity index is 739. The number of carbonyl (C=O) groups is 1. The number of rotatable bonds is 2. The lowest BCUT2D eigenvalue weighted by Crippen LogP contribution is -2.11. The standard InChI is InChI=1S/C14H13F3N2OS/c1-8-12(9(2)20)21-13(19(8)3)18-11-6-4-10(5-7-11)14(15,16)17/h4-7H,1-3H3/b18-13-. The van der Waals surface area contributed by atoms with Crippen molar-refractivity contribution in [3.05, 3.63) is 45.2 Å². The lowest BCUT2D eigenvalue weighted by atomic mass is 10.2. The number of benzene rings is 1. The maximum Gasteiger partial charge on any atom is 0.416 e. The number of carbonyl (C=O) groups excluding carboxylic acids is 1. The van der Waals surface area contributed by atoms with Crippen LogP contribution in [0.2, 0.25) is 0 Å². The van der Waals surface area contributed by atoms with Crippen molar-refractivity contribution < 1.29 is 18.0 Å². The van der Waals surface area contributed by atoms with Crippen LogP contribution in [0.4, 0.5) is 18.9 Å². The minimum atomic E-state index is -4.36. The van der Waals surface area contributed by atoms with Crippen molar-refractivity contribution in [3.63, 3.8) is 0 Å². The summed E-state index contributed by atoms with van der Waals surface area (Å²) in [6.07, 6.45) is -4.36. The van der Waals surface area contributed by atoms with Gasteiger partial charge >= 0.3 is 6.18 Å². The van der Waals surface area contributed by atoms with E-state index in [1.807, 2.05) is 0 Å². The smallest absolute Gasteiger partial charge is 0.323 e. The highest BCUT2D eigenvalue weighted by molar-refractivity contribution is 7.11. The average Bonchev–Trinajstić information content (AvgIpc) is 2.67. The number of hydrogen-bond acceptors (Lipinski definition) is 3. The Morgan fingerprint density at radius 3 is 2.24 bits per heavy atom. The molecule has 0 N–H and O–H groups in total. The number of ketones is 1. The molecule has 0 aliphatic carbocycles. The first-order chi connectivity index (χ1) is 9.70. The third kappa shape index (κ3) is 3.24. The van der Waals surface area contributed by atoms with Gasteiger partial charge in [-0.05, 0) is 31.2 Å². The summed E-state index contributed by atoms with van der Waals surface area (Å²) in [5, 5.41) is 0. The molecule has 0 amide bonds. The van der Waals surface area contributed by atoms with E-state index >= 15 is 0 Å². The Morgan fingerprint density at radius 2 is 1.81 bits per heavy atom. The zero-order valence-corrected chi connectivity index (χ0v) is 12.5. The second-order valence-electron chi connectivity index (χ2n) is 4.57. The summed E-state index contributed by atoms with van der Waals surface area (Å²) in [5.74, 6) is -0.0537. The van der Waals surface area contributed by atoms with Crippen molar-refractivity contribution in [2.24, 2.45) is 12.0 Å². The molecule has 1 heterocycles. The van der Waals surface area contributed by atoms with Gasteiger partial charge in [-0.1, -0.05) is 11.3 Å². The summed E-state index contributed by atoms with van der Waals surface area (Å²) in [6, 6.07) is 4.60. The number of nitrogens with zero attached hydrogens (tertiary/aromatic N) is 2. The average molecular weight is 314 g/mol. The van der Waals surface area contributed by atoms with Crippen molar-refractivity contribution >= 4 is 22.8 Å². The highest BCUT2D eigenvalue weighted by atomic mass is 32.1. The molecule has 0 fully saturated rings. The van der Waals surface area contributed by atoms with Gasteiger partial charge in [0.2, 0.25) is 0 Å². The maximum absolute atomic E-state index is 12.5. The van der Waals surface area contributed by atoms with Crippen molar-refractivity contribution in [2.45, 2.75) is 20.0 Å². The third-order valence-electron chi connectivity index (χ3n) is 3.05. The first-order valence-corrected chi connectivity index (χ1v) is 6.91. The largest absolute Gasteiger partial charge is 0.416 e. The molecule has 0 saturated heterocycles. The van der Waals surface area contributed by atoms with E-state index in [0.29, 0.717) is 15.4 Å². The zero-order chi connectivity index (χ0) is 15.8. The molecule has 1 aromatic carbocycles. The number of hydrogen-bond donors (Lipinski definition) is 0. The molecule has 2 aromatic rings. The van der Waals surface area contributed by atoms with Crippen LogP contribution in [0.3, 0.4) is 0 Å². The Labute approximate surface area is 123 Å². The quantitative estimate of drug-likeness (QED) is 0.775. The Hall–Kier alpha value is -1.89. The van der Waals surface area contributed by atoms with Crippen molar-refractivity contribution in [1.29, 1.82) is 0 Å². The Kier molecular flexibility index (Phi) is 4.04. The van der Waals surface area contributed by atoms with Crippen LogP contribution in [-0.2, 0) is 13.2 Å². The van der Waals surface area contributed by atoms with Crippen molar-refractivity contribution in [1.82, 2.24) is 4.57 Å². The second kappa shape index (κ2) is 5.48. The zero-order valence-electron chi connectivity index (χ0n) is 11.7. The van der Waals surface area contributed by atoms with Gasteiger partial charge in [0.25, 0.3) is 0 Å². The van der Waals surface area contributed by atoms with E-state index < -0.39 is 11.7 Å². The fourth-order valence-corrected chi connectivity index (χ4v) is 2.83. The van der Waals surface area contributed by atoms with Crippen molar-refractivity contribution in [2.75, 3.05) is 0 Å². The predicted molar refractivity (Wildman–Crippen MR) is 74.7 cm³/mol. The van der Waals surface area contributed by atoms with Crippen LogP contribution in [0.1, 0.15) is 27.9 Å². The molecule has 0 spiro atoms. The van der Waals surface area contributed by atoms with Gasteiger partial charge in [-0.3, -0.25) is 4.79 Å². The van der Waals surface area contributed by atoms with Crippen LogP contribution in [0.25, 0.3) is 0 Å². The Balaban J connectivity index is 2.45. The predicted octanol–water partition coefficient (Wildman–Crippen LogP) is 3.85. The fourth-order valence-electron chi connectivity index (χ4n) is 1.79. The first-order valence-electron chi connectivity index (χ1n) is 6.09. The molecule has 0 aliphatic heterocycles. The topological polar surface area (TPSA) is 34.4 Å². The number of aromatic nitrogens is 1. The van der Waals surface area contributed by atoms with Crippen LogP contribution in [0, 0.1) is 6.92 Å². The van der Waals surface area contributed by atoms with Crippen LogP contribution < -0.4 is 4.80 Å². The number of thiazole rings is 1. The van der Waals surface area contributed by atoms with E-state index in [9.17, 15) is 18.0 Å². The molecule has 7 heteroatoms. The van der Waals surface area contributed by atoms with E-state index in [2.05, 4.69) is 4.99 Å². The van der Waals surface area contributed by atoms with E-state index in [-0.39, 0.29) is 5.78 Å². The van der Waals surface area contributed by atoms with Gasteiger partial charge in [-0.2, -0.15) is 13.2 Å². The number of halogens is 3. The fraction of sp³-hybridized carbons (Fsp3) is 0.286. The summed E-state index contributed by atoms with van der Waals surface area (Å²) >= 11 is 1.22. The lowest BCUT2D eigenvalue weighted by Gasteiger charge is -2.05. The second-order valence-corrected chi connectivity index (χ2v) is 5.55. The van der Waals surface area contributed by atoms with Gasteiger partial charge in [0, 0.05) is 19.7 Å². The molecule has 0 saturated carbocycles. The van der Waals surface area contributed by atoms with Gasteiger partial charge in [-0.25, -0.2) is 4.99 Å². The molecule has 112 valence electrons. The third-order valence-corrected chi connectivity index (χ3v) is 4.39. The maximum atomic E-state index is 12.5. The normalized spacial score (nSPS) is 12.8. The summed E-state index contributed by atoms with van der Waals surface area (Å²) in [7, 11) is 1.77. The molecule has 0 aliphatic rings. The number of Topliss-reactive ketones (excluding diaryl/α,β-unsaturated/α-hetero) is 1. The molecule has 0 radical (unpaired) electrons. The first kappa shape index (κ1) is 15.5. The monoisotopic (exact) mass is 314 g/mol. The molecule has 21 heavy (non-hydrogen) atoms. The van der Waals surface area contributed by atoms with E-state index in [0.717, 1.165) is 17.8 Å². The van der Waals surface area contributed by atoms with Gasteiger partial charge in [-0.15, -0.1) is 0 Å². The number of alkyl halides is 3. The molecule has 0 bridgehead atoms. The van der Waals surface area contributed by atoms with Crippen LogP contribution in [-0.4, -0.2) is 10.4 Å². The summed E-state index contributed by atoms with van der Waals surface area (Å²) in [6.45, 7) is 3.28. The molecule has 1 aromatic heterocycles. The van der Waals surface area contributed by atoms with Crippen LogP contribution in [0.15, 0.2) is 29.3 Å². The minimum Gasteiger partial charge on any atom is -0.323 e. The van der Waals surface area contributed by atoms with Gasteiger partial charge in [0.05, 0.1) is 16.1 Å². The van der Waals surface area contributed by atoms with E-state index in [1.165, 1.54) is 30.4 Å². The summed E-state index contributed by atoms with van der Waals surface area (Å²) in [5.41, 5.74) is 0.491. The SMILES string of the molecule is CC(=O)c1s/c(=N\c2ccc(C(F)(F)F)cc2)n(C)c1C. The van der Waals surface area contributed by atoms with Crippen LogP contribution >= 0.6 is 11.3 Å². The summed E-state index contributed by atoms with van der Waals surface area (Å²) in [4.78, 5) is 16.9. The lowest BCUT2D eigenvalue weighted by molar-refractivity contribution is -0.137. The molecule has 2 rings (SSSR count). The van der Waals surface area contributed by atoms with E-state index in [1.54, 1.807) is 18.5 Å². The molecular formula is C14H13F3N2OS.